The molecule has 2 heterocycles. The Balaban J connectivity index is 1.44. The normalized spacial score (nSPS) is 17.0. The lowest BCUT2D eigenvalue weighted by Gasteiger charge is -2.38. The molecule has 0 saturated carbocycles. The summed E-state index contributed by atoms with van der Waals surface area (Å²) in [5, 5.41) is 5.51. The lowest BCUT2D eigenvalue weighted by atomic mass is 10.00. The molecule has 1 fully saturated rings. The van der Waals surface area contributed by atoms with Crippen LogP contribution in [0.2, 0.25) is 0 Å². The van der Waals surface area contributed by atoms with Gasteiger partial charge in [-0.05, 0) is 42.8 Å². The third-order valence-corrected chi connectivity index (χ3v) is 6.90. The molecule has 2 aliphatic rings. The van der Waals surface area contributed by atoms with Gasteiger partial charge in [0.1, 0.15) is 0 Å². The molecular weight excluding hydrogens is 446 g/mol. The average molecular weight is 482 g/mol. The number of carbonyl (C=O) groups is 2. The Bertz CT molecular complexity index is 1070. The number of likely N-dealkylation sites (N-methyl/N-ethyl adjacent to an activating group) is 2. The van der Waals surface area contributed by atoms with E-state index < -0.39 is 11.8 Å². The summed E-state index contributed by atoms with van der Waals surface area (Å²) in [6.45, 7) is 5.13. The number of fused-ring (bicyclic) bond motifs is 1. The number of hydrogen-bond acceptors (Lipinski definition) is 7. The van der Waals surface area contributed by atoms with Crippen molar-refractivity contribution in [1.82, 2.24) is 15.1 Å². The molecule has 2 aromatic carbocycles. The maximum absolute atomic E-state index is 12.7. The molecule has 2 aliphatic heterocycles. The molecule has 0 aromatic heterocycles. The highest BCUT2D eigenvalue weighted by molar-refractivity contribution is 6.39. The minimum absolute atomic E-state index is 0.00210. The van der Waals surface area contributed by atoms with Crippen molar-refractivity contribution in [3.63, 3.8) is 0 Å². The Morgan fingerprint density at radius 2 is 1.66 bits per heavy atom. The fourth-order valence-corrected chi connectivity index (χ4v) is 4.76. The smallest absolute Gasteiger partial charge is 0.313 e. The molecule has 9 heteroatoms. The molecule has 0 spiro atoms. The molecule has 9 nitrogen and oxygen atoms in total. The molecule has 1 atom stereocenters. The predicted octanol–water partition coefficient (Wildman–Crippen LogP) is 1.74. The summed E-state index contributed by atoms with van der Waals surface area (Å²) in [6.07, 6.45) is 1.02. The van der Waals surface area contributed by atoms with Crippen LogP contribution in [0.15, 0.2) is 36.4 Å². The Morgan fingerprint density at radius 3 is 2.37 bits per heavy atom. The number of anilines is 2. The Hall–Kier alpha value is -3.30. The first kappa shape index (κ1) is 24.8. The zero-order valence-electron chi connectivity index (χ0n) is 21.0. The van der Waals surface area contributed by atoms with Crippen LogP contribution in [0.4, 0.5) is 11.4 Å². The van der Waals surface area contributed by atoms with Gasteiger partial charge in [-0.25, -0.2) is 0 Å². The summed E-state index contributed by atoms with van der Waals surface area (Å²) in [5.74, 6) is -0.363. The molecule has 0 unspecified atom stereocenters. The molecule has 1 saturated heterocycles. The van der Waals surface area contributed by atoms with Gasteiger partial charge < -0.3 is 29.9 Å². The lowest BCUT2D eigenvalue weighted by molar-refractivity contribution is -0.136. The molecule has 2 N–H and O–H groups in total. The molecule has 2 amide bonds. The van der Waals surface area contributed by atoms with Gasteiger partial charge in [0.2, 0.25) is 0 Å². The van der Waals surface area contributed by atoms with E-state index in [1.807, 2.05) is 0 Å². The van der Waals surface area contributed by atoms with E-state index in [4.69, 9.17) is 9.47 Å². The SMILES string of the molecule is COc1ccc(NC(=O)C(=O)NC[C@@H](c2ccc3c(c2)CCN3C)N2CCN(C)CC2)cc1OC. The number of nitrogens with zero attached hydrogens (tertiary/aromatic N) is 3. The number of nitrogens with one attached hydrogen (secondary N) is 2. The van der Waals surface area contributed by atoms with Crippen molar-refractivity contribution in [2.24, 2.45) is 0 Å². The van der Waals surface area contributed by atoms with Crippen LogP contribution in [0, 0.1) is 0 Å². The number of amides is 2. The van der Waals surface area contributed by atoms with E-state index in [9.17, 15) is 9.59 Å². The highest BCUT2D eigenvalue weighted by Crippen LogP contribution is 2.32. The monoisotopic (exact) mass is 481 g/mol. The van der Waals surface area contributed by atoms with Crippen molar-refractivity contribution < 1.29 is 19.1 Å². The van der Waals surface area contributed by atoms with Crippen LogP contribution in [0.3, 0.4) is 0 Å². The number of ether oxygens (including phenoxy) is 2. The molecule has 2 aromatic rings. The van der Waals surface area contributed by atoms with Crippen LogP contribution in [0.1, 0.15) is 17.2 Å². The van der Waals surface area contributed by atoms with Crippen molar-refractivity contribution in [2.75, 3.05) is 77.8 Å². The van der Waals surface area contributed by atoms with E-state index in [1.54, 1.807) is 25.3 Å². The van der Waals surface area contributed by atoms with E-state index >= 15 is 0 Å². The minimum Gasteiger partial charge on any atom is -0.493 e. The second kappa shape index (κ2) is 11.0. The summed E-state index contributed by atoms with van der Waals surface area (Å²) in [4.78, 5) is 32.3. The molecular formula is C26H35N5O4. The van der Waals surface area contributed by atoms with E-state index in [1.165, 1.54) is 23.9 Å². The molecule has 0 bridgehead atoms. The van der Waals surface area contributed by atoms with Gasteiger partial charge >= 0.3 is 11.8 Å². The first-order valence-electron chi connectivity index (χ1n) is 12.0. The summed E-state index contributed by atoms with van der Waals surface area (Å²) in [7, 11) is 7.30. The molecule has 4 rings (SSSR count). The summed E-state index contributed by atoms with van der Waals surface area (Å²) < 4.78 is 10.5. The quantitative estimate of drug-likeness (QED) is 0.583. The number of benzene rings is 2. The number of piperazine rings is 1. The Labute approximate surface area is 207 Å². The Morgan fingerprint density at radius 1 is 0.914 bits per heavy atom. The maximum Gasteiger partial charge on any atom is 0.313 e. The molecule has 188 valence electrons. The van der Waals surface area contributed by atoms with Crippen molar-refractivity contribution in [3.05, 3.63) is 47.5 Å². The van der Waals surface area contributed by atoms with Gasteiger partial charge in [-0.15, -0.1) is 0 Å². The molecule has 0 aliphatic carbocycles. The summed E-state index contributed by atoms with van der Waals surface area (Å²) >= 11 is 0. The second-order valence-corrected chi connectivity index (χ2v) is 9.15. The first-order chi connectivity index (χ1) is 16.9. The average Bonchev–Trinajstić information content (AvgIpc) is 3.24. The fraction of sp³-hybridized carbons (Fsp3) is 0.462. The number of rotatable bonds is 7. The van der Waals surface area contributed by atoms with Crippen LogP contribution in [0.5, 0.6) is 11.5 Å². The maximum atomic E-state index is 12.7. The van der Waals surface area contributed by atoms with Crippen LogP contribution >= 0.6 is 0 Å². The van der Waals surface area contributed by atoms with Crippen LogP contribution < -0.4 is 25.0 Å². The van der Waals surface area contributed by atoms with Crippen LogP contribution in [-0.2, 0) is 16.0 Å². The third-order valence-electron chi connectivity index (χ3n) is 6.90. The van der Waals surface area contributed by atoms with Crippen molar-refractivity contribution >= 4 is 23.2 Å². The topological polar surface area (TPSA) is 86.4 Å². The molecule has 35 heavy (non-hydrogen) atoms. The zero-order chi connectivity index (χ0) is 24.9. The predicted molar refractivity (Wildman–Crippen MR) is 136 cm³/mol. The van der Waals surface area contributed by atoms with Gasteiger partial charge in [-0.3, -0.25) is 14.5 Å². The number of hydrogen-bond donors (Lipinski definition) is 2. The second-order valence-electron chi connectivity index (χ2n) is 9.15. The third kappa shape index (κ3) is 5.68. The first-order valence-corrected chi connectivity index (χ1v) is 12.0. The zero-order valence-corrected chi connectivity index (χ0v) is 21.0. The summed E-state index contributed by atoms with van der Waals surface area (Å²) in [6, 6.07) is 11.6. The fourth-order valence-electron chi connectivity index (χ4n) is 4.76. The number of methoxy groups -OCH3 is 2. The molecule has 0 radical (unpaired) electrons. The van der Waals surface area contributed by atoms with Crippen molar-refractivity contribution in [3.8, 4) is 11.5 Å². The Kier molecular flexibility index (Phi) is 7.77. The van der Waals surface area contributed by atoms with Gasteiger partial charge in [0, 0.05) is 63.8 Å². The standard InChI is InChI=1S/C26H35N5O4/c1-29-11-13-31(14-12-29)22(18-5-7-21-19(15-18)9-10-30(21)2)17-27-25(32)26(33)28-20-6-8-23(34-3)24(16-20)35-4/h5-8,15-16,22H,9-14,17H2,1-4H3,(H,27,32)(H,28,33)/t22-/m0/s1. The van der Waals surface area contributed by atoms with Crippen LogP contribution in [0.25, 0.3) is 0 Å². The summed E-state index contributed by atoms with van der Waals surface area (Å²) in [5.41, 5.74) is 4.23. The van der Waals surface area contributed by atoms with Gasteiger partial charge in [0.15, 0.2) is 11.5 Å². The number of carbonyl (C=O) groups excluding carboxylic acids is 2. The highest BCUT2D eigenvalue weighted by Gasteiger charge is 2.27. The highest BCUT2D eigenvalue weighted by atomic mass is 16.5. The van der Waals surface area contributed by atoms with Gasteiger partial charge in [0.25, 0.3) is 0 Å². The van der Waals surface area contributed by atoms with Gasteiger partial charge in [-0.1, -0.05) is 12.1 Å². The lowest BCUT2D eigenvalue weighted by Crippen LogP contribution is -2.49. The van der Waals surface area contributed by atoms with E-state index in [0.717, 1.165) is 39.1 Å². The van der Waals surface area contributed by atoms with E-state index in [-0.39, 0.29) is 6.04 Å². The van der Waals surface area contributed by atoms with Gasteiger partial charge in [0.05, 0.1) is 20.3 Å². The van der Waals surface area contributed by atoms with Gasteiger partial charge in [-0.2, -0.15) is 0 Å². The van der Waals surface area contributed by atoms with Crippen molar-refractivity contribution in [1.29, 1.82) is 0 Å². The van der Waals surface area contributed by atoms with Crippen LogP contribution in [-0.4, -0.2) is 89.2 Å². The van der Waals surface area contributed by atoms with Crippen molar-refractivity contribution in [2.45, 2.75) is 12.5 Å². The largest absolute Gasteiger partial charge is 0.493 e. The van der Waals surface area contributed by atoms with E-state index in [0.29, 0.717) is 23.7 Å². The minimum atomic E-state index is -0.718. The van der Waals surface area contributed by atoms with E-state index in [2.05, 4.69) is 57.6 Å².